The van der Waals surface area contributed by atoms with E-state index in [1.54, 1.807) is 11.0 Å². The summed E-state index contributed by atoms with van der Waals surface area (Å²) in [5.74, 6) is 1.01. The Morgan fingerprint density at radius 1 is 1.00 bits per heavy atom. The van der Waals surface area contributed by atoms with Crippen LogP contribution in [0.2, 0.25) is 5.02 Å². The van der Waals surface area contributed by atoms with E-state index in [9.17, 15) is 9.59 Å². The second-order valence-corrected chi connectivity index (χ2v) is 9.62. The van der Waals surface area contributed by atoms with Gasteiger partial charge in [0.25, 0.3) is 5.91 Å². The molecule has 36 heavy (non-hydrogen) atoms. The number of likely N-dealkylation sites (N-methyl/N-ethyl adjacent to an activating group) is 1. The van der Waals surface area contributed by atoms with Gasteiger partial charge >= 0.3 is 0 Å². The Hall–Kier alpha value is -2.81. The fraction of sp³-hybridized carbons (Fsp3) is 0.481. The van der Waals surface area contributed by atoms with Crippen LogP contribution in [-0.2, 0) is 27.3 Å². The zero-order valence-corrected chi connectivity index (χ0v) is 21.8. The van der Waals surface area contributed by atoms with E-state index in [-0.39, 0.29) is 24.8 Å². The zero-order chi connectivity index (χ0) is 25.5. The first kappa shape index (κ1) is 26.3. The van der Waals surface area contributed by atoms with Gasteiger partial charge in [0.1, 0.15) is 6.61 Å². The molecular formula is C27H34ClN3O5. The number of ether oxygens (including phenoxy) is 3. The molecule has 2 aliphatic heterocycles. The van der Waals surface area contributed by atoms with E-state index in [0.717, 1.165) is 42.7 Å². The number of nitrogens with zero attached hydrogens (tertiary/aromatic N) is 3. The molecule has 0 bridgehead atoms. The normalized spacial score (nSPS) is 17.1. The van der Waals surface area contributed by atoms with Gasteiger partial charge < -0.3 is 28.9 Å². The van der Waals surface area contributed by atoms with Gasteiger partial charge in [-0.1, -0.05) is 29.8 Å². The number of methoxy groups -OCH3 is 1. The van der Waals surface area contributed by atoms with Gasteiger partial charge in [-0.3, -0.25) is 9.59 Å². The molecule has 0 saturated heterocycles. The van der Waals surface area contributed by atoms with Crippen LogP contribution in [0, 0.1) is 0 Å². The molecule has 0 atom stereocenters. The molecule has 8 nitrogen and oxygen atoms in total. The molecule has 2 amide bonds. The maximum atomic E-state index is 13.6. The minimum atomic E-state index is -0.0911. The van der Waals surface area contributed by atoms with Crippen LogP contribution < -0.4 is 14.4 Å². The third-order valence-electron chi connectivity index (χ3n) is 6.46. The highest BCUT2D eigenvalue weighted by Gasteiger charge is 2.24. The van der Waals surface area contributed by atoms with Gasteiger partial charge in [-0.15, -0.1) is 0 Å². The van der Waals surface area contributed by atoms with Gasteiger partial charge in [0.2, 0.25) is 5.91 Å². The van der Waals surface area contributed by atoms with Crippen LogP contribution in [-0.4, -0.2) is 81.8 Å². The van der Waals surface area contributed by atoms with Crippen molar-refractivity contribution in [2.45, 2.75) is 25.8 Å². The van der Waals surface area contributed by atoms with Crippen LogP contribution in [0.4, 0.5) is 5.69 Å². The number of benzene rings is 2. The summed E-state index contributed by atoms with van der Waals surface area (Å²) in [5.41, 5.74) is 2.53. The van der Waals surface area contributed by atoms with Crippen LogP contribution >= 0.6 is 11.6 Å². The summed E-state index contributed by atoms with van der Waals surface area (Å²) in [6.45, 7) is 4.24. The molecule has 0 spiro atoms. The van der Waals surface area contributed by atoms with Crippen molar-refractivity contribution < 1.29 is 23.8 Å². The van der Waals surface area contributed by atoms with Crippen molar-refractivity contribution in [2.75, 3.05) is 65.1 Å². The average molecular weight is 516 g/mol. The number of amides is 2. The second kappa shape index (κ2) is 12.4. The van der Waals surface area contributed by atoms with E-state index >= 15 is 0 Å². The summed E-state index contributed by atoms with van der Waals surface area (Å²) in [7, 11) is 3.56. The summed E-state index contributed by atoms with van der Waals surface area (Å²) in [4.78, 5) is 32.3. The molecular weight excluding hydrogens is 482 g/mol. The lowest BCUT2D eigenvalue weighted by atomic mass is 10.1. The summed E-state index contributed by atoms with van der Waals surface area (Å²) < 4.78 is 16.7. The Morgan fingerprint density at radius 3 is 2.64 bits per heavy atom. The molecule has 4 rings (SSSR count). The number of carbonyl (C=O) groups is 2. The average Bonchev–Trinajstić information content (AvgIpc) is 3.11. The molecule has 0 radical (unpaired) electrons. The highest BCUT2D eigenvalue weighted by molar-refractivity contribution is 6.32. The minimum absolute atomic E-state index is 0.0116. The van der Waals surface area contributed by atoms with E-state index in [4.69, 9.17) is 25.8 Å². The largest absolute Gasteiger partial charge is 0.489 e. The predicted octanol–water partition coefficient (Wildman–Crippen LogP) is 3.39. The number of rotatable bonds is 4. The first-order chi connectivity index (χ1) is 17.5. The highest BCUT2D eigenvalue weighted by Crippen LogP contribution is 2.38. The van der Waals surface area contributed by atoms with Crippen molar-refractivity contribution in [1.82, 2.24) is 9.80 Å². The first-order valence-corrected chi connectivity index (χ1v) is 12.8. The lowest BCUT2D eigenvalue weighted by Crippen LogP contribution is -2.38. The Kier molecular flexibility index (Phi) is 9.07. The Labute approximate surface area is 217 Å². The summed E-state index contributed by atoms with van der Waals surface area (Å²) >= 11 is 6.47. The lowest BCUT2D eigenvalue weighted by molar-refractivity contribution is -0.131. The van der Waals surface area contributed by atoms with Crippen LogP contribution in [0.25, 0.3) is 0 Å². The van der Waals surface area contributed by atoms with Gasteiger partial charge in [-0.25, -0.2) is 0 Å². The molecule has 0 unspecified atom stereocenters. The van der Waals surface area contributed by atoms with Crippen molar-refractivity contribution in [3.05, 3.63) is 52.5 Å². The molecule has 0 saturated carbocycles. The van der Waals surface area contributed by atoms with Gasteiger partial charge in [-0.05, 0) is 49.3 Å². The van der Waals surface area contributed by atoms with Gasteiger partial charge in [0.15, 0.2) is 11.5 Å². The number of hydrogen-bond donors (Lipinski definition) is 0. The fourth-order valence-corrected chi connectivity index (χ4v) is 4.85. The molecule has 0 fully saturated rings. The monoisotopic (exact) mass is 515 g/mol. The maximum absolute atomic E-state index is 13.6. The highest BCUT2D eigenvalue weighted by atomic mass is 35.5. The molecule has 0 aliphatic carbocycles. The zero-order valence-electron chi connectivity index (χ0n) is 21.0. The molecule has 2 aliphatic rings. The van der Waals surface area contributed by atoms with Crippen LogP contribution in [0.5, 0.6) is 11.5 Å². The quantitative estimate of drug-likeness (QED) is 0.621. The number of halogens is 1. The molecule has 194 valence electrons. The molecule has 0 aromatic heterocycles. The van der Waals surface area contributed by atoms with Gasteiger partial charge in [-0.2, -0.15) is 0 Å². The minimum Gasteiger partial charge on any atom is -0.489 e. The van der Waals surface area contributed by atoms with E-state index in [0.29, 0.717) is 49.4 Å². The Bertz CT molecular complexity index is 1080. The van der Waals surface area contributed by atoms with Crippen molar-refractivity contribution in [2.24, 2.45) is 0 Å². The third kappa shape index (κ3) is 6.49. The fourth-order valence-electron chi connectivity index (χ4n) is 4.56. The third-order valence-corrected chi connectivity index (χ3v) is 6.74. The predicted molar refractivity (Wildman–Crippen MR) is 139 cm³/mol. The topological polar surface area (TPSA) is 71.6 Å². The van der Waals surface area contributed by atoms with Crippen molar-refractivity contribution in [1.29, 1.82) is 0 Å². The van der Waals surface area contributed by atoms with Crippen molar-refractivity contribution in [3.8, 4) is 11.5 Å². The number of carbonyl (C=O) groups excluding carboxylic acids is 2. The molecule has 9 heteroatoms. The van der Waals surface area contributed by atoms with Crippen LogP contribution in [0.3, 0.4) is 0 Å². The van der Waals surface area contributed by atoms with E-state index in [1.807, 2.05) is 42.3 Å². The molecule has 2 aromatic rings. The summed E-state index contributed by atoms with van der Waals surface area (Å²) in [6.07, 6.45) is 1.79. The number of fused-ring (bicyclic) bond motifs is 2. The molecule has 2 aromatic carbocycles. The smallest absolute Gasteiger partial charge is 0.252 e. The van der Waals surface area contributed by atoms with Gasteiger partial charge in [0.05, 0.1) is 24.7 Å². The SMILES string of the molecule is COCC(=O)N1CCCN(C)CCN(C(=O)Cc2cc(Cl)c3c(c2)OCCCO3)Cc2ccccc21. The van der Waals surface area contributed by atoms with Crippen LogP contribution in [0.15, 0.2) is 36.4 Å². The lowest BCUT2D eigenvalue weighted by Gasteiger charge is -2.28. The maximum Gasteiger partial charge on any atom is 0.252 e. The number of hydrogen-bond acceptors (Lipinski definition) is 6. The Balaban J connectivity index is 1.60. The summed E-state index contributed by atoms with van der Waals surface area (Å²) in [6, 6.07) is 11.4. The Morgan fingerprint density at radius 2 is 1.81 bits per heavy atom. The molecule has 0 N–H and O–H groups in total. The second-order valence-electron chi connectivity index (χ2n) is 9.21. The standard InChI is InChI=1S/C27H34ClN3O5/c1-29-9-5-10-31(26(33)19-34-2)23-8-4-3-7-21(23)18-30(12-11-29)25(32)17-20-15-22(28)27-24(16-20)35-13-6-14-36-27/h3-4,7-8,15-16H,5-6,9-14,17-19H2,1-2H3. The first-order valence-electron chi connectivity index (χ1n) is 12.4. The van der Waals surface area contributed by atoms with E-state index < -0.39 is 0 Å². The number of para-hydroxylation sites is 1. The van der Waals surface area contributed by atoms with E-state index in [2.05, 4.69) is 4.90 Å². The van der Waals surface area contributed by atoms with Crippen LogP contribution in [0.1, 0.15) is 24.0 Å². The van der Waals surface area contributed by atoms with Crippen molar-refractivity contribution >= 4 is 29.1 Å². The van der Waals surface area contributed by atoms with E-state index in [1.165, 1.54) is 7.11 Å². The van der Waals surface area contributed by atoms with Crippen molar-refractivity contribution in [3.63, 3.8) is 0 Å². The number of anilines is 1. The molecule has 2 heterocycles. The van der Waals surface area contributed by atoms with Gasteiger partial charge in [0, 0.05) is 45.4 Å². The summed E-state index contributed by atoms with van der Waals surface area (Å²) in [5, 5.41) is 0.451.